The van der Waals surface area contributed by atoms with Crippen molar-refractivity contribution in [3.05, 3.63) is 130 Å². The summed E-state index contributed by atoms with van der Waals surface area (Å²) in [5, 5.41) is 2.24. The molecule has 4 aromatic rings. The normalized spacial score (nSPS) is 12.4. The van der Waals surface area contributed by atoms with Crippen molar-refractivity contribution in [2.75, 3.05) is 10.8 Å². The Morgan fingerprint density at radius 1 is 0.872 bits per heavy atom. The topological polar surface area (TPSA) is 86.8 Å². The summed E-state index contributed by atoms with van der Waals surface area (Å²) in [6.45, 7) is 4.43. The highest BCUT2D eigenvalue weighted by Gasteiger charge is 2.37. The summed E-state index contributed by atoms with van der Waals surface area (Å²) in [5.41, 5.74) is 0.614. The Kier molecular flexibility index (Phi) is 11.4. The van der Waals surface area contributed by atoms with Crippen LogP contribution in [0.4, 0.5) is 18.9 Å². The number of nitrogens with zero attached hydrogens (tertiary/aromatic N) is 2. The number of hydrogen-bond donors (Lipinski definition) is 1. The van der Waals surface area contributed by atoms with E-state index < -0.39 is 56.9 Å². The molecule has 0 fully saturated rings. The predicted octanol–water partition coefficient (Wildman–Crippen LogP) is 7.03. The van der Waals surface area contributed by atoms with E-state index in [9.17, 15) is 31.2 Å². The lowest BCUT2D eigenvalue weighted by molar-refractivity contribution is -0.140. The van der Waals surface area contributed by atoms with Crippen molar-refractivity contribution in [2.24, 2.45) is 0 Å². The fourth-order valence-electron chi connectivity index (χ4n) is 5.04. The molecular formula is C35H35ClF3N3O4S. The van der Waals surface area contributed by atoms with Crippen LogP contribution in [-0.4, -0.2) is 43.8 Å². The number of rotatable bonds is 12. The standard InChI is InChI=1S/C35H35ClF3N3O4S/c1-24(2)40-34(44)32(20-26-13-6-4-7-14-26)41(22-27-15-11-10-12-25(27)3)33(43)23-42(47(45,46)29-16-8-5-9-17-29)28-18-19-31(36)30(21-28)35(37,38)39/h4-19,21,24,32H,20,22-23H2,1-3H3,(H,40,44)/t32-/m1/s1. The molecule has 1 N–H and O–H groups in total. The Hall–Kier alpha value is -4.35. The van der Waals surface area contributed by atoms with Gasteiger partial charge in [-0.1, -0.05) is 84.4 Å². The summed E-state index contributed by atoms with van der Waals surface area (Å²) in [4.78, 5) is 29.3. The Balaban J connectivity index is 1.87. The number of aryl methyl sites for hydroxylation is 1. The molecule has 4 rings (SSSR count). The molecule has 47 heavy (non-hydrogen) atoms. The number of carbonyl (C=O) groups excluding carboxylic acids is 2. The molecule has 0 bridgehead atoms. The molecule has 0 aliphatic carbocycles. The second-order valence-electron chi connectivity index (χ2n) is 11.3. The number of benzene rings is 4. The van der Waals surface area contributed by atoms with E-state index in [1.165, 1.54) is 29.2 Å². The highest BCUT2D eigenvalue weighted by atomic mass is 35.5. The lowest BCUT2D eigenvalue weighted by Gasteiger charge is -2.34. The molecule has 12 heteroatoms. The molecule has 1 atom stereocenters. The third-order valence-electron chi connectivity index (χ3n) is 7.46. The minimum atomic E-state index is -4.90. The third kappa shape index (κ3) is 8.93. The molecule has 0 aliphatic heterocycles. The summed E-state index contributed by atoms with van der Waals surface area (Å²) in [5.74, 6) is -1.26. The Morgan fingerprint density at radius 2 is 1.47 bits per heavy atom. The fourth-order valence-corrected chi connectivity index (χ4v) is 6.69. The van der Waals surface area contributed by atoms with Gasteiger partial charge in [-0.15, -0.1) is 0 Å². The number of halogens is 4. The van der Waals surface area contributed by atoms with E-state index in [0.717, 1.165) is 23.3 Å². The van der Waals surface area contributed by atoms with Crippen LogP contribution < -0.4 is 9.62 Å². The Bertz CT molecular complexity index is 1800. The van der Waals surface area contributed by atoms with Crippen LogP contribution >= 0.6 is 11.6 Å². The molecule has 0 aliphatic rings. The molecule has 0 heterocycles. The van der Waals surface area contributed by atoms with E-state index in [1.54, 1.807) is 44.2 Å². The van der Waals surface area contributed by atoms with Gasteiger partial charge in [0, 0.05) is 19.0 Å². The van der Waals surface area contributed by atoms with Crippen LogP contribution in [-0.2, 0) is 38.8 Å². The molecule has 7 nitrogen and oxygen atoms in total. The third-order valence-corrected chi connectivity index (χ3v) is 9.58. The highest BCUT2D eigenvalue weighted by molar-refractivity contribution is 7.92. The predicted molar refractivity (Wildman–Crippen MR) is 176 cm³/mol. The van der Waals surface area contributed by atoms with Crippen LogP contribution in [0.5, 0.6) is 0 Å². The van der Waals surface area contributed by atoms with Crippen LogP contribution in [0.25, 0.3) is 0 Å². The van der Waals surface area contributed by atoms with Gasteiger partial charge in [0.1, 0.15) is 12.6 Å². The molecule has 0 saturated heterocycles. The average Bonchev–Trinajstić information content (AvgIpc) is 3.02. The minimum Gasteiger partial charge on any atom is -0.352 e. The van der Waals surface area contributed by atoms with Crippen molar-refractivity contribution < 1.29 is 31.2 Å². The van der Waals surface area contributed by atoms with Gasteiger partial charge in [-0.25, -0.2) is 8.42 Å². The van der Waals surface area contributed by atoms with Crippen molar-refractivity contribution in [1.29, 1.82) is 0 Å². The van der Waals surface area contributed by atoms with Gasteiger partial charge in [-0.2, -0.15) is 13.2 Å². The van der Waals surface area contributed by atoms with E-state index in [4.69, 9.17) is 11.6 Å². The number of anilines is 1. The SMILES string of the molecule is Cc1ccccc1CN(C(=O)CN(c1ccc(Cl)c(C(F)(F)F)c1)S(=O)(=O)c1ccccc1)[C@H](Cc1ccccc1)C(=O)NC(C)C. The van der Waals surface area contributed by atoms with Crippen LogP contribution in [0.15, 0.2) is 108 Å². The van der Waals surface area contributed by atoms with Gasteiger partial charge < -0.3 is 10.2 Å². The van der Waals surface area contributed by atoms with E-state index in [1.807, 2.05) is 37.3 Å². The maximum absolute atomic E-state index is 14.5. The van der Waals surface area contributed by atoms with Crippen molar-refractivity contribution in [3.8, 4) is 0 Å². The van der Waals surface area contributed by atoms with Crippen molar-refractivity contribution >= 4 is 39.1 Å². The molecule has 0 unspecified atom stereocenters. The monoisotopic (exact) mass is 685 g/mol. The van der Waals surface area contributed by atoms with Crippen LogP contribution in [0.3, 0.4) is 0 Å². The first-order valence-corrected chi connectivity index (χ1v) is 16.6. The van der Waals surface area contributed by atoms with Gasteiger partial charge >= 0.3 is 6.18 Å². The summed E-state index contributed by atoms with van der Waals surface area (Å²) >= 11 is 5.87. The molecule has 0 aromatic heterocycles. The van der Waals surface area contributed by atoms with Gasteiger partial charge in [-0.3, -0.25) is 13.9 Å². The molecule has 0 spiro atoms. The number of alkyl halides is 3. The van der Waals surface area contributed by atoms with Gasteiger partial charge in [0.15, 0.2) is 0 Å². The molecule has 0 saturated carbocycles. The Morgan fingerprint density at radius 3 is 2.06 bits per heavy atom. The maximum Gasteiger partial charge on any atom is 0.417 e. The minimum absolute atomic E-state index is 0.0673. The lowest BCUT2D eigenvalue weighted by atomic mass is 10.0. The van der Waals surface area contributed by atoms with Gasteiger partial charge in [0.05, 0.1) is 21.2 Å². The first kappa shape index (κ1) is 35.5. The first-order chi connectivity index (χ1) is 22.2. The highest BCUT2D eigenvalue weighted by Crippen LogP contribution is 2.38. The number of carbonyl (C=O) groups is 2. The largest absolute Gasteiger partial charge is 0.417 e. The zero-order valence-corrected chi connectivity index (χ0v) is 27.6. The summed E-state index contributed by atoms with van der Waals surface area (Å²) in [6.07, 6.45) is -4.80. The summed E-state index contributed by atoms with van der Waals surface area (Å²) in [6, 6.07) is 24.7. The van der Waals surface area contributed by atoms with Crippen molar-refractivity contribution in [3.63, 3.8) is 0 Å². The lowest BCUT2D eigenvalue weighted by Crippen LogP contribution is -2.54. The zero-order chi connectivity index (χ0) is 34.4. The van der Waals surface area contributed by atoms with Gasteiger partial charge in [0.2, 0.25) is 11.8 Å². The second-order valence-corrected chi connectivity index (χ2v) is 13.6. The van der Waals surface area contributed by atoms with Crippen LogP contribution in [0, 0.1) is 6.92 Å². The second kappa shape index (κ2) is 15.0. The van der Waals surface area contributed by atoms with E-state index in [2.05, 4.69) is 5.32 Å². The number of sulfonamides is 1. The van der Waals surface area contributed by atoms with Crippen LogP contribution in [0.2, 0.25) is 5.02 Å². The van der Waals surface area contributed by atoms with Gasteiger partial charge in [0.25, 0.3) is 10.0 Å². The first-order valence-electron chi connectivity index (χ1n) is 14.8. The molecule has 248 valence electrons. The summed E-state index contributed by atoms with van der Waals surface area (Å²) in [7, 11) is -4.59. The number of nitrogens with one attached hydrogen (secondary N) is 1. The summed E-state index contributed by atoms with van der Waals surface area (Å²) < 4.78 is 70.5. The molecule has 4 aromatic carbocycles. The maximum atomic E-state index is 14.5. The van der Waals surface area contributed by atoms with Crippen molar-refractivity contribution in [2.45, 2.75) is 56.9 Å². The van der Waals surface area contributed by atoms with E-state index >= 15 is 0 Å². The number of amides is 2. The smallest absolute Gasteiger partial charge is 0.352 e. The Labute approximate surface area is 278 Å². The quantitative estimate of drug-likeness (QED) is 0.174. The molecule has 0 radical (unpaired) electrons. The average molecular weight is 686 g/mol. The zero-order valence-electron chi connectivity index (χ0n) is 26.0. The van der Waals surface area contributed by atoms with Crippen molar-refractivity contribution in [1.82, 2.24) is 10.2 Å². The number of hydrogen-bond acceptors (Lipinski definition) is 4. The van der Waals surface area contributed by atoms with E-state index in [-0.39, 0.29) is 23.9 Å². The van der Waals surface area contributed by atoms with Gasteiger partial charge in [-0.05, 0) is 67.8 Å². The fraction of sp³-hybridized carbons (Fsp3) is 0.257. The molecule has 2 amide bonds. The van der Waals surface area contributed by atoms with E-state index in [0.29, 0.717) is 15.9 Å². The molecular weight excluding hydrogens is 651 g/mol. The van der Waals surface area contributed by atoms with Crippen LogP contribution in [0.1, 0.15) is 36.1 Å².